The predicted octanol–water partition coefficient (Wildman–Crippen LogP) is 0.238. The number of carbonyl (C=O) groups excluding carboxylic acids is 1. The van der Waals surface area contributed by atoms with Gasteiger partial charge in [-0.2, -0.15) is 13.7 Å². The summed E-state index contributed by atoms with van der Waals surface area (Å²) in [5.41, 5.74) is 6.70. The summed E-state index contributed by atoms with van der Waals surface area (Å²) in [4.78, 5) is 11.8. The zero-order chi connectivity index (χ0) is 18.3. The molecule has 0 radical (unpaired) electrons. The first-order valence-corrected chi connectivity index (χ1v) is 8.41. The van der Waals surface area contributed by atoms with E-state index in [4.69, 9.17) is 25.7 Å². The molecular formula is C14H16N4O5S. The highest BCUT2D eigenvalue weighted by Gasteiger charge is 2.17. The van der Waals surface area contributed by atoms with Gasteiger partial charge in [-0.05, 0) is 12.1 Å². The number of carbonyl (C=O) groups is 1. The maximum Gasteiger partial charge on any atom is 0.261 e. The Morgan fingerprint density at radius 1 is 1.50 bits per heavy atom. The molecule has 0 aromatic heterocycles. The lowest BCUT2D eigenvalue weighted by Crippen LogP contribution is -2.36. The van der Waals surface area contributed by atoms with Gasteiger partial charge in [-0.25, -0.2) is 0 Å². The second kappa shape index (κ2) is 8.09. The van der Waals surface area contributed by atoms with Gasteiger partial charge in [0, 0.05) is 17.6 Å². The first-order valence-electron chi connectivity index (χ1n) is 6.56. The molecule has 1 heterocycles. The van der Waals surface area contributed by atoms with Gasteiger partial charge in [0.1, 0.15) is 11.8 Å². The topological polar surface area (TPSA) is 166 Å². The van der Waals surface area contributed by atoms with Gasteiger partial charge in [0.2, 0.25) is 0 Å². The average molecular weight is 352 g/mol. The number of benzene rings is 1. The van der Waals surface area contributed by atoms with Crippen molar-refractivity contribution in [1.82, 2.24) is 5.32 Å². The molecule has 1 aromatic rings. The Bertz CT molecular complexity index is 816. The Morgan fingerprint density at radius 3 is 2.67 bits per heavy atom. The molecular weight excluding hydrogens is 336 g/mol. The quantitative estimate of drug-likeness (QED) is 0.319. The van der Waals surface area contributed by atoms with Crippen LogP contribution in [-0.4, -0.2) is 37.7 Å². The van der Waals surface area contributed by atoms with Crippen LogP contribution in [0.3, 0.4) is 0 Å². The van der Waals surface area contributed by atoms with Crippen molar-refractivity contribution in [1.29, 1.82) is 10.7 Å². The lowest BCUT2D eigenvalue weighted by Gasteiger charge is -2.06. The molecule has 128 valence electrons. The van der Waals surface area contributed by atoms with Crippen molar-refractivity contribution in [2.45, 2.75) is 6.42 Å². The van der Waals surface area contributed by atoms with Crippen LogP contribution in [0.25, 0.3) is 6.08 Å². The molecule has 1 aliphatic rings. The minimum absolute atomic E-state index is 0.294. The van der Waals surface area contributed by atoms with Gasteiger partial charge >= 0.3 is 0 Å². The summed E-state index contributed by atoms with van der Waals surface area (Å²) < 4.78 is 31.4. The van der Waals surface area contributed by atoms with Gasteiger partial charge in [0.15, 0.2) is 5.96 Å². The molecule has 0 spiro atoms. The highest BCUT2D eigenvalue weighted by molar-refractivity contribution is 7.85. The first-order chi connectivity index (χ1) is 11.1. The minimum atomic E-state index is -3.67. The third kappa shape index (κ3) is 6.47. The van der Waals surface area contributed by atoms with Crippen LogP contribution in [0.4, 0.5) is 0 Å². The molecule has 24 heavy (non-hydrogen) atoms. The maximum absolute atomic E-state index is 11.8. The van der Waals surface area contributed by atoms with Gasteiger partial charge in [-0.15, -0.1) is 0 Å². The summed E-state index contributed by atoms with van der Waals surface area (Å²) >= 11 is 0. The summed E-state index contributed by atoms with van der Waals surface area (Å²) in [6, 6.07) is 7.20. The number of hydrogen-bond acceptors (Lipinski definition) is 6. The Balaban J connectivity index is 0.000000505. The van der Waals surface area contributed by atoms with E-state index in [1.807, 2.05) is 0 Å². The molecule has 1 aliphatic heterocycles. The third-order valence-electron chi connectivity index (χ3n) is 2.65. The molecule has 5 N–H and O–H groups in total. The van der Waals surface area contributed by atoms with Crippen molar-refractivity contribution in [3.63, 3.8) is 0 Å². The number of rotatable bonds is 1. The van der Waals surface area contributed by atoms with Crippen molar-refractivity contribution in [3.8, 4) is 11.8 Å². The lowest BCUT2D eigenvalue weighted by molar-refractivity contribution is -0.116. The molecule has 0 unspecified atom stereocenters. The van der Waals surface area contributed by atoms with Crippen molar-refractivity contribution in [3.05, 3.63) is 34.9 Å². The number of nitrogens with two attached hydrogens (primary N) is 1. The first kappa shape index (κ1) is 19.1. The molecule has 0 atom stereocenters. The average Bonchev–Trinajstić information content (AvgIpc) is 2.66. The largest absolute Gasteiger partial charge is 0.491 e. The summed E-state index contributed by atoms with van der Waals surface area (Å²) in [6.07, 6.45) is 2.76. The smallest absolute Gasteiger partial charge is 0.261 e. The highest BCUT2D eigenvalue weighted by atomic mass is 32.2. The molecule has 1 aromatic carbocycles. The van der Waals surface area contributed by atoms with E-state index < -0.39 is 22.0 Å². The molecule has 9 nitrogen and oxygen atoms in total. The molecule has 0 saturated carbocycles. The number of hydrogen-bond donors (Lipinski definition) is 4. The van der Waals surface area contributed by atoms with Gasteiger partial charge in [0.25, 0.3) is 16.0 Å². The second-order valence-corrected chi connectivity index (χ2v) is 6.17. The van der Waals surface area contributed by atoms with E-state index in [1.165, 1.54) is 0 Å². The van der Waals surface area contributed by atoms with Crippen LogP contribution in [0, 0.1) is 16.7 Å². The van der Waals surface area contributed by atoms with Crippen LogP contribution in [0.1, 0.15) is 17.5 Å². The number of nitriles is 1. The zero-order valence-electron chi connectivity index (χ0n) is 12.7. The van der Waals surface area contributed by atoms with Gasteiger partial charge < -0.3 is 10.5 Å². The standard InChI is InChI=1S/C13H12N4O2.CH4O3S/c14-7-10-3-1-2-8-6-9(4-5-19-11(8)10)12(18)17-13(15)16;1-5(2,3)4/h1-3,6H,4-5H2,(H4,15,16,17,18);1H3,(H,2,3,4). The zero-order valence-corrected chi connectivity index (χ0v) is 13.6. The SMILES string of the molecule is CS(=O)(=O)O.N#Cc1cccc2c1OCCC(C(=O)NC(=N)N)=C2. The molecule has 0 fully saturated rings. The molecule has 1 amide bonds. The number of fused-ring (bicyclic) bond motifs is 1. The summed E-state index contributed by atoms with van der Waals surface area (Å²) in [5, 5.41) is 18.3. The predicted molar refractivity (Wildman–Crippen MR) is 86.8 cm³/mol. The highest BCUT2D eigenvalue weighted by Crippen LogP contribution is 2.29. The number of nitrogens with one attached hydrogen (secondary N) is 2. The monoisotopic (exact) mass is 352 g/mol. The van der Waals surface area contributed by atoms with Crippen molar-refractivity contribution in [2.24, 2.45) is 5.73 Å². The molecule has 2 rings (SSSR count). The van der Waals surface area contributed by atoms with Crippen LogP contribution >= 0.6 is 0 Å². The molecule has 10 heteroatoms. The number of para-hydroxylation sites is 1. The third-order valence-corrected chi connectivity index (χ3v) is 2.65. The van der Waals surface area contributed by atoms with E-state index >= 15 is 0 Å². The fraction of sp³-hybridized carbons (Fsp3) is 0.214. The van der Waals surface area contributed by atoms with Gasteiger partial charge in [-0.1, -0.05) is 12.1 Å². The number of ether oxygens (including phenoxy) is 1. The number of nitrogens with zero attached hydrogens (tertiary/aromatic N) is 1. The van der Waals surface area contributed by atoms with E-state index in [0.29, 0.717) is 41.7 Å². The summed E-state index contributed by atoms with van der Waals surface area (Å²) in [6.45, 7) is 0.294. The van der Waals surface area contributed by atoms with E-state index in [2.05, 4.69) is 11.4 Å². The van der Waals surface area contributed by atoms with Crippen LogP contribution in [0.2, 0.25) is 0 Å². The Hall–Kier alpha value is -2.90. The fourth-order valence-corrected chi connectivity index (χ4v) is 1.82. The van der Waals surface area contributed by atoms with Gasteiger partial charge in [-0.3, -0.25) is 20.1 Å². The van der Waals surface area contributed by atoms with Gasteiger partial charge in [0.05, 0.1) is 18.4 Å². The lowest BCUT2D eigenvalue weighted by atomic mass is 10.1. The Labute approximate surface area is 139 Å². The molecule has 0 saturated heterocycles. The van der Waals surface area contributed by atoms with Crippen LogP contribution < -0.4 is 15.8 Å². The number of guanidine groups is 1. The Kier molecular flexibility index (Phi) is 6.46. The van der Waals surface area contributed by atoms with Crippen molar-refractivity contribution in [2.75, 3.05) is 12.9 Å². The number of amides is 1. The van der Waals surface area contributed by atoms with E-state index in [0.717, 1.165) is 0 Å². The van der Waals surface area contributed by atoms with Crippen molar-refractivity contribution >= 4 is 28.1 Å². The van der Waals surface area contributed by atoms with Crippen LogP contribution in [0.5, 0.6) is 5.75 Å². The fourth-order valence-electron chi connectivity index (χ4n) is 1.82. The van der Waals surface area contributed by atoms with Crippen molar-refractivity contribution < 1.29 is 22.5 Å². The summed E-state index contributed by atoms with van der Waals surface area (Å²) in [7, 11) is -3.67. The Morgan fingerprint density at radius 2 is 2.12 bits per heavy atom. The van der Waals surface area contributed by atoms with E-state index in [9.17, 15) is 13.2 Å². The summed E-state index contributed by atoms with van der Waals surface area (Å²) in [5.74, 6) is -0.344. The van der Waals surface area contributed by atoms with E-state index in [1.54, 1.807) is 24.3 Å². The minimum Gasteiger partial charge on any atom is -0.491 e. The molecule has 0 bridgehead atoms. The molecule has 0 aliphatic carbocycles. The second-order valence-electron chi connectivity index (χ2n) is 4.70. The normalized spacial score (nSPS) is 12.8. The van der Waals surface area contributed by atoms with E-state index in [-0.39, 0.29) is 0 Å². The van der Waals surface area contributed by atoms with Crippen LogP contribution in [0.15, 0.2) is 23.8 Å². The maximum atomic E-state index is 11.8. The van der Waals surface area contributed by atoms with Crippen LogP contribution in [-0.2, 0) is 14.9 Å².